The molecular weight excluding hydrogens is 1230 g/mol. The van der Waals surface area contributed by atoms with E-state index in [9.17, 15) is 0 Å². The minimum atomic E-state index is 0.614. The molecule has 0 saturated carbocycles. The lowest BCUT2D eigenvalue weighted by Gasteiger charge is -2.12. The first kappa shape index (κ1) is 56.4. The van der Waals surface area contributed by atoms with Gasteiger partial charge in [-0.3, -0.25) is 4.40 Å². The summed E-state index contributed by atoms with van der Waals surface area (Å²) in [6.45, 7) is 0. The molecule has 0 radical (unpaired) electrons. The summed E-state index contributed by atoms with van der Waals surface area (Å²) in [5.41, 5.74) is 17.0. The quantitative estimate of drug-likeness (QED) is 0.122. The van der Waals surface area contributed by atoms with Crippen LogP contribution in [0.1, 0.15) is 0 Å². The minimum absolute atomic E-state index is 0.614. The highest BCUT2D eigenvalue weighted by Gasteiger charge is 2.22. The third-order valence-electron chi connectivity index (χ3n) is 17.0. The van der Waals surface area contributed by atoms with Crippen molar-refractivity contribution in [1.29, 1.82) is 0 Å². The van der Waals surface area contributed by atoms with Gasteiger partial charge in [0, 0.05) is 107 Å². The largest absolute Gasteiger partial charge is 0.306 e. The van der Waals surface area contributed by atoms with Gasteiger partial charge in [0.25, 0.3) is 0 Å². The Balaban J connectivity index is 0.000000144. The molecule has 13 heteroatoms. The third kappa shape index (κ3) is 10.7. The zero-order valence-corrected chi connectivity index (χ0v) is 52.3. The molecule has 446 valence electrons. The normalized spacial score (nSPS) is 11.4. The molecule has 18 aromatic rings. The summed E-state index contributed by atoms with van der Waals surface area (Å²) in [6.07, 6.45) is 6.24. The van der Waals surface area contributed by atoms with Crippen molar-refractivity contribution in [2.24, 2.45) is 0 Å². The molecular formula is C82H51BrN12. The molecule has 0 aliphatic carbocycles. The van der Waals surface area contributed by atoms with Crippen LogP contribution in [0.2, 0.25) is 0 Å². The third-order valence-corrected chi connectivity index (χ3v) is 17.8. The van der Waals surface area contributed by atoms with E-state index >= 15 is 0 Å². The summed E-state index contributed by atoms with van der Waals surface area (Å²) in [4.78, 5) is 50.0. The first-order chi connectivity index (χ1) is 47.0. The van der Waals surface area contributed by atoms with Crippen molar-refractivity contribution in [3.05, 3.63) is 314 Å². The van der Waals surface area contributed by atoms with E-state index in [4.69, 9.17) is 49.8 Å². The van der Waals surface area contributed by atoms with E-state index < -0.39 is 0 Å². The van der Waals surface area contributed by atoms with Gasteiger partial charge in [0.15, 0.2) is 34.9 Å². The van der Waals surface area contributed by atoms with Crippen LogP contribution >= 0.6 is 15.9 Å². The lowest BCUT2D eigenvalue weighted by Crippen LogP contribution is -2.00. The van der Waals surface area contributed by atoms with Gasteiger partial charge in [0.2, 0.25) is 0 Å². The Bertz CT molecular complexity index is 5760. The summed E-state index contributed by atoms with van der Waals surface area (Å²) in [5, 5.41) is 6.35. The molecule has 8 aromatic heterocycles. The zero-order chi connectivity index (χ0) is 63.2. The van der Waals surface area contributed by atoms with Crippen molar-refractivity contribution in [3.8, 4) is 113 Å². The molecule has 0 saturated heterocycles. The lowest BCUT2D eigenvalue weighted by molar-refractivity contribution is 1.07. The molecule has 12 nitrogen and oxygen atoms in total. The Morgan fingerprint density at radius 3 is 0.958 bits per heavy atom. The van der Waals surface area contributed by atoms with Gasteiger partial charge in [-0.1, -0.05) is 267 Å². The van der Waals surface area contributed by atoms with Crippen molar-refractivity contribution in [3.63, 3.8) is 0 Å². The summed E-state index contributed by atoms with van der Waals surface area (Å²) in [7, 11) is 0. The highest BCUT2D eigenvalue weighted by atomic mass is 79.9. The number of pyridine rings is 4. The molecule has 8 heterocycles. The highest BCUT2D eigenvalue weighted by Crippen LogP contribution is 2.40. The molecule has 0 aliphatic rings. The van der Waals surface area contributed by atoms with Gasteiger partial charge in [-0.25, -0.2) is 49.8 Å². The number of benzene rings is 10. The Morgan fingerprint density at radius 2 is 0.547 bits per heavy atom. The standard InChI is InChI=1S/C41H25BrN6.C41H26N6/c42-37-36(26-12-4-1-5-13-26)44-41-34-31-18-10-11-19-33(31)43-35(32(34)24-25-48(37)41)27-20-22-30(23-21-27)40-46-38(28-14-6-2-7-15-28)45-39(47-40)29-16-8-3-9-17-29;1-4-12-27(13-5-1)35-26-47-25-24-33-36(41(47)43-35)32-18-10-11-19-34(32)42-37(33)28-20-22-31(23-21-28)40-45-38(29-14-6-2-7-15-29)44-39(46-40)30-16-8-3-9-17-30/h1-25H;1-26H. The van der Waals surface area contributed by atoms with Crippen LogP contribution in [0.4, 0.5) is 0 Å². The number of para-hydroxylation sites is 2. The average Bonchev–Trinajstić information content (AvgIpc) is 1.74. The highest BCUT2D eigenvalue weighted by molar-refractivity contribution is 9.10. The predicted molar refractivity (Wildman–Crippen MR) is 385 cm³/mol. The second-order valence-corrected chi connectivity index (χ2v) is 23.7. The van der Waals surface area contributed by atoms with Gasteiger partial charge in [0.05, 0.1) is 28.1 Å². The molecule has 0 amide bonds. The Labute approximate surface area is 553 Å². The molecule has 0 N–H and O–H groups in total. The van der Waals surface area contributed by atoms with Crippen LogP contribution in [-0.4, -0.2) is 58.6 Å². The minimum Gasteiger partial charge on any atom is -0.306 e. The van der Waals surface area contributed by atoms with E-state index in [0.717, 1.165) is 138 Å². The zero-order valence-electron chi connectivity index (χ0n) is 50.7. The molecule has 10 aromatic carbocycles. The van der Waals surface area contributed by atoms with Crippen molar-refractivity contribution in [2.75, 3.05) is 0 Å². The smallest absolute Gasteiger partial charge is 0.164 e. The van der Waals surface area contributed by atoms with Gasteiger partial charge >= 0.3 is 0 Å². The fourth-order valence-electron chi connectivity index (χ4n) is 12.4. The number of aromatic nitrogens is 12. The number of halogens is 1. The first-order valence-electron chi connectivity index (χ1n) is 31.2. The van der Waals surface area contributed by atoms with Gasteiger partial charge < -0.3 is 4.40 Å². The number of hydrogen-bond donors (Lipinski definition) is 0. The Morgan fingerprint density at radius 1 is 0.232 bits per heavy atom. The van der Waals surface area contributed by atoms with Crippen LogP contribution in [0.25, 0.3) is 168 Å². The Hall–Kier alpha value is -12.6. The summed E-state index contributed by atoms with van der Waals surface area (Å²) in [6, 6.07) is 98.1. The molecule has 18 rings (SSSR count). The van der Waals surface area contributed by atoms with Crippen molar-refractivity contribution >= 4 is 70.6 Å². The molecule has 0 aliphatic heterocycles. The van der Waals surface area contributed by atoms with Crippen molar-refractivity contribution in [2.45, 2.75) is 0 Å². The second-order valence-electron chi connectivity index (χ2n) is 22.9. The van der Waals surface area contributed by atoms with Gasteiger partial charge in [0.1, 0.15) is 21.6 Å². The fourth-order valence-corrected chi connectivity index (χ4v) is 13.0. The number of nitrogens with zero attached hydrogens (tertiary/aromatic N) is 12. The van der Waals surface area contributed by atoms with E-state index in [2.05, 4.69) is 165 Å². The average molecular weight is 1280 g/mol. The molecule has 0 atom stereocenters. The van der Waals surface area contributed by atoms with Gasteiger partial charge in [-0.15, -0.1) is 0 Å². The van der Waals surface area contributed by atoms with Crippen molar-refractivity contribution in [1.82, 2.24) is 58.6 Å². The van der Waals surface area contributed by atoms with Crippen LogP contribution in [0, 0.1) is 0 Å². The predicted octanol–water partition coefficient (Wildman–Crippen LogP) is 19.9. The Kier molecular flexibility index (Phi) is 14.4. The summed E-state index contributed by atoms with van der Waals surface area (Å²) < 4.78 is 5.14. The lowest BCUT2D eigenvalue weighted by atomic mass is 10.00. The van der Waals surface area contributed by atoms with E-state index in [0.29, 0.717) is 34.9 Å². The van der Waals surface area contributed by atoms with Crippen LogP contribution < -0.4 is 0 Å². The second kappa shape index (κ2) is 24.2. The molecule has 0 spiro atoms. The summed E-state index contributed by atoms with van der Waals surface area (Å²) in [5.74, 6) is 3.78. The number of fused-ring (bicyclic) bond motifs is 10. The topological polar surface area (TPSA) is 138 Å². The SMILES string of the molecule is Brc1c(-c2ccccc2)nc2c3c(ccn12)c(-c1ccc(-c2nc(-c4ccccc4)nc(-c4ccccc4)n2)cc1)nc1ccccc13.c1ccc(-c2cn3ccc4c(-c5ccc(-c6nc(-c7ccccc7)nc(-c7ccccc7)n6)cc5)nc5ccccc5c4c3n2)cc1. The fraction of sp³-hybridized carbons (Fsp3) is 0. The van der Waals surface area contributed by atoms with Crippen LogP contribution in [0.5, 0.6) is 0 Å². The molecule has 0 bridgehead atoms. The van der Waals surface area contributed by atoms with Gasteiger partial charge in [-0.05, 0) is 40.2 Å². The van der Waals surface area contributed by atoms with Crippen molar-refractivity contribution < 1.29 is 0 Å². The first-order valence-corrected chi connectivity index (χ1v) is 31.9. The monoisotopic (exact) mass is 1280 g/mol. The summed E-state index contributed by atoms with van der Waals surface area (Å²) >= 11 is 3.84. The van der Waals surface area contributed by atoms with E-state index in [1.165, 1.54) is 0 Å². The maximum atomic E-state index is 5.19. The van der Waals surface area contributed by atoms with E-state index in [-0.39, 0.29) is 0 Å². The maximum absolute atomic E-state index is 5.19. The number of hydrogen-bond acceptors (Lipinski definition) is 10. The van der Waals surface area contributed by atoms with Crippen LogP contribution in [-0.2, 0) is 0 Å². The number of imidazole rings is 2. The maximum Gasteiger partial charge on any atom is 0.164 e. The van der Waals surface area contributed by atoms with Gasteiger partial charge in [-0.2, -0.15) is 0 Å². The van der Waals surface area contributed by atoms with E-state index in [1.807, 2.05) is 170 Å². The number of rotatable bonds is 10. The van der Waals surface area contributed by atoms with Crippen LogP contribution in [0.15, 0.2) is 314 Å². The van der Waals surface area contributed by atoms with E-state index in [1.54, 1.807) is 0 Å². The molecule has 95 heavy (non-hydrogen) atoms. The molecule has 0 unspecified atom stereocenters. The molecule has 0 fully saturated rings. The van der Waals surface area contributed by atoms with Crippen LogP contribution in [0.3, 0.4) is 0 Å².